The first kappa shape index (κ1) is 15.4. The van der Waals surface area contributed by atoms with Crippen LogP contribution in [0.4, 0.5) is 4.39 Å². The Hall–Kier alpha value is -2.01. The van der Waals surface area contributed by atoms with Gasteiger partial charge in [-0.2, -0.15) is 0 Å². The van der Waals surface area contributed by atoms with Gasteiger partial charge in [-0.15, -0.1) is 11.6 Å². The molecule has 0 bridgehead atoms. The third-order valence-electron chi connectivity index (χ3n) is 2.82. The quantitative estimate of drug-likeness (QED) is 0.765. The normalized spacial score (nSPS) is 10.3. The number of nitrogens with zero attached hydrogens (tertiary/aromatic N) is 1. The SMILES string of the molecule is COc1cc(CCl)cc(OC)c1OCc1cncc(F)c1. The fraction of sp³-hybridized carbons (Fsp3) is 0.267. The molecule has 0 N–H and O–H groups in total. The molecule has 2 aromatic rings. The van der Waals surface area contributed by atoms with E-state index in [1.165, 1.54) is 26.5 Å². The van der Waals surface area contributed by atoms with E-state index in [4.69, 9.17) is 25.8 Å². The van der Waals surface area contributed by atoms with Crippen molar-refractivity contribution in [2.45, 2.75) is 12.5 Å². The first-order valence-corrected chi connectivity index (χ1v) is 6.74. The minimum Gasteiger partial charge on any atom is -0.493 e. The smallest absolute Gasteiger partial charge is 0.203 e. The molecular weight excluding hydrogens is 297 g/mol. The zero-order valence-corrected chi connectivity index (χ0v) is 12.5. The summed E-state index contributed by atoms with van der Waals surface area (Å²) in [6.07, 6.45) is 2.68. The van der Waals surface area contributed by atoms with E-state index in [-0.39, 0.29) is 6.61 Å². The molecule has 0 atom stereocenters. The van der Waals surface area contributed by atoms with Gasteiger partial charge in [-0.3, -0.25) is 4.98 Å². The van der Waals surface area contributed by atoms with Gasteiger partial charge in [0.05, 0.1) is 20.4 Å². The van der Waals surface area contributed by atoms with Gasteiger partial charge >= 0.3 is 0 Å². The fourth-order valence-corrected chi connectivity index (χ4v) is 2.00. The number of methoxy groups -OCH3 is 2. The number of ether oxygens (including phenoxy) is 3. The molecule has 112 valence electrons. The van der Waals surface area contributed by atoms with Crippen molar-refractivity contribution in [2.75, 3.05) is 14.2 Å². The molecule has 21 heavy (non-hydrogen) atoms. The molecule has 0 aliphatic heterocycles. The fourth-order valence-electron chi connectivity index (χ4n) is 1.84. The molecule has 6 heteroatoms. The Morgan fingerprint density at radius 1 is 1.05 bits per heavy atom. The number of hydrogen-bond donors (Lipinski definition) is 0. The molecule has 1 aromatic heterocycles. The lowest BCUT2D eigenvalue weighted by molar-refractivity contribution is 0.265. The number of rotatable bonds is 6. The Balaban J connectivity index is 2.26. The highest BCUT2D eigenvalue weighted by atomic mass is 35.5. The second-order valence-corrected chi connectivity index (χ2v) is 4.53. The summed E-state index contributed by atoms with van der Waals surface area (Å²) < 4.78 is 29.4. The van der Waals surface area contributed by atoms with E-state index in [0.29, 0.717) is 28.7 Å². The van der Waals surface area contributed by atoms with Crippen molar-refractivity contribution in [1.29, 1.82) is 0 Å². The highest BCUT2D eigenvalue weighted by molar-refractivity contribution is 6.17. The topological polar surface area (TPSA) is 40.6 Å². The van der Waals surface area contributed by atoms with Crippen molar-refractivity contribution in [3.8, 4) is 17.2 Å². The van der Waals surface area contributed by atoms with Gasteiger partial charge in [-0.05, 0) is 23.8 Å². The third-order valence-corrected chi connectivity index (χ3v) is 3.13. The number of alkyl halides is 1. The minimum atomic E-state index is -0.410. The van der Waals surface area contributed by atoms with E-state index in [0.717, 1.165) is 11.8 Å². The Kier molecular flexibility index (Phi) is 5.22. The molecule has 0 unspecified atom stereocenters. The second kappa shape index (κ2) is 7.13. The lowest BCUT2D eigenvalue weighted by atomic mass is 10.2. The molecule has 0 amide bonds. The minimum absolute atomic E-state index is 0.150. The van der Waals surface area contributed by atoms with Crippen LogP contribution in [0.3, 0.4) is 0 Å². The van der Waals surface area contributed by atoms with Crippen LogP contribution in [0.2, 0.25) is 0 Å². The summed E-state index contributed by atoms with van der Waals surface area (Å²) in [6, 6.07) is 4.91. The highest BCUT2D eigenvalue weighted by Gasteiger charge is 2.14. The van der Waals surface area contributed by atoms with Crippen LogP contribution in [0.5, 0.6) is 17.2 Å². The summed E-state index contributed by atoms with van der Waals surface area (Å²) in [5, 5.41) is 0. The van der Waals surface area contributed by atoms with Crippen molar-refractivity contribution < 1.29 is 18.6 Å². The van der Waals surface area contributed by atoms with Crippen molar-refractivity contribution in [2.24, 2.45) is 0 Å². The summed E-state index contributed by atoms with van der Waals surface area (Å²) in [5.74, 6) is 1.38. The van der Waals surface area contributed by atoms with Gasteiger partial charge in [-0.25, -0.2) is 4.39 Å². The molecule has 0 aliphatic rings. The van der Waals surface area contributed by atoms with Gasteiger partial charge in [0, 0.05) is 17.6 Å². The maximum absolute atomic E-state index is 13.1. The third kappa shape index (κ3) is 3.76. The van der Waals surface area contributed by atoms with Crippen LogP contribution in [0.15, 0.2) is 30.6 Å². The Labute approximate surface area is 127 Å². The predicted octanol–water partition coefficient (Wildman–Crippen LogP) is 3.56. The molecule has 0 spiro atoms. The molecule has 1 aromatic carbocycles. The van der Waals surface area contributed by atoms with Gasteiger partial charge in [0.15, 0.2) is 11.5 Å². The molecule has 4 nitrogen and oxygen atoms in total. The van der Waals surface area contributed by atoms with E-state index >= 15 is 0 Å². The number of halogens is 2. The van der Waals surface area contributed by atoms with Gasteiger partial charge in [0.25, 0.3) is 0 Å². The summed E-state index contributed by atoms with van der Waals surface area (Å²) in [6.45, 7) is 0.150. The van der Waals surface area contributed by atoms with Crippen LogP contribution in [0, 0.1) is 5.82 Å². The van der Waals surface area contributed by atoms with Gasteiger partial charge in [0.1, 0.15) is 12.4 Å². The zero-order valence-electron chi connectivity index (χ0n) is 11.7. The summed E-state index contributed by atoms with van der Waals surface area (Å²) in [5.41, 5.74) is 1.46. The van der Waals surface area contributed by atoms with Gasteiger partial charge in [0.2, 0.25) is 5.75 Å². The average Bonchev–Trinajstić information content (AvgIpc) is 2.52. The van der Waals surface area contributed by atoms with E-state index in [1.807, 2.05) is 0 Å². The van der Waals surface area contributed by atoms with Crippen LogP contribution in [-0.4, -0.2) is 19.2 Å². The standard InChI is InChI=1S/C15H15ClFNO3/c1-19-13-4-10(6-16)5-14(20-2)15(13)21-9-11-3-12(17)8-18-7-11/h3-5,7-8H,6,9H2,1-2H3. The maximum Gasteiger partial charge on any atom is 0.203 e. The van der Waals surface area contributed by atoms with Crippen molar-refractivity contribution >= 4 is 11.6 Å². The zero-order chi connectivity index (χ0) is 15.2. The Morgan fingerprint density at radius 3 is 2.24 bits per heavy atom. The number of hydrogen-bond acceptors (Lipinski definition) is 4. The van der Waals surface area contributed by atoms with Crippen molar-refractivity contribution in [3.63, 3.8) is 0 Å². The summed E-state index contributed by atoms with van der Waals surface area (Å²) in [4.78, 5) is 3.77. The van der Waals surface area contributed by atoms with Crippen LogP contribution in [0.25, 0.3) is 0 Å². The molecular formula is C15H15ClFNO3. The molecule has 0 aliphatic carbocycles. The van der Waals surface area contributed by atoms with Crippen molar-refractivity contribution in [1.82, 2.24) is 4.98 Å². The van der Waals surface area contributed by atoms with Crippen LogP contribution < -0.4 is 14.2 Å². The van der Waals surface area contributed by atoms with Crippen LogP contribution in [0.1, 0.15) is 11.1 Å². The first-order valence-electron chi connectivity index (χ1n) is 6.21. The molecule has 0 saturated heterocycles. The number of pyridine rings is 1. The number of benzene rings is 1. The van der Waals surface area contributed by atoms with Gasteiger partial charge < -0.3 is 14.2 Å². The summed E-state index contributed by atoms with van der Waals surface area (Å²) >= 11 is 5.83. The molecule has 0 radical (unpaired) electrons. The predicted molar refractivity (Wildman–Crippen MR) is 77.6 cm³/mol. The van der Waals surface area contributed by atoms with Gasteiger partial charge in [-0.1, -0.05) is 0 Å². The molecule has 1 heterocycles. The highest BCUT2D eigenvalue weighted by Crippen LogP contribution is 2.39. The molecule has 0 fully saturated rings. The largest absolute Gasteiger partial charge is 0.493 e. The van der Waals surface area contributed by atoms with Crippen molar-refractivity contribution in [3.05, 3.63) is 47.5 Å². The Bertz CT molecular complexity index is 597. The number of aromatic nitrogens is 1. The monoisotopic (exact) mass is 311 g/mol. The molecule has 0 saturated carbocycles. The first-order chi connectivity index (χ1) is 10.2. The lowest BCUT2D eigenvalue weighted by Crippen LogP contribution is -2.01. The van der Waals surface area contributed by atoms with Crippen LogP contribution in [-0.2, 0) is 12.5 Å². The van der Waals surface area contributed by atoms with E-state index in [2.05, 4.69) is 4.98 Å². The molecule has 2 rings (SSSR count). The lowest BCUT2D eigenvalue weighted by Gasteiger charge is -2.15. The average molecular weight is 312 g/mol. The van der Waals surface area contributed by atoms with Crippen LogP contribution >= 0.6 is 11.6 Å². The van der Waals surface area contributed by atoms with E-state index < -0.39 is 5.82 Å². The Morgan fingerprint density at radius 2 is 1.71 bits per heavy atom. The van der Waals surface area contributed by atoms with E-state index in [9.17, 15) is 4.39 Å². The summed E-state index contributed by atoms with van der Waals surface area (Å²) in [7, 11) is 3.06. The second-order valence-electron chi connectivity index (χ2n) is 4.26. The van der Waals surface area contributed by atoms with E-state index in [1.54, 1.807) is 12.1 Å². The maximum atomic E-state index is 13.1.